The van der Waals surface area contributed by atoms with Gasteiger partial charge in [0, 0.05) is 23.6 Å². The monoisotopic (exact) mass is 294 g/mol. The van der Waals surface area contributed by atoms with Crippen molar-refractivity contribution in [1.82, 2.24) is 20.8 Å². The number of aromatic nitrogens is 2. The molecule has 1 amide bonds. The quantitative estimate of drug-likeness (QED) is 0.846. The summed E-state index contributed by atoms with van der Waals surface area (Å²) in [4.78, 5) is 15.6. The number of nitrogens with one attached hydrogen (secondary N) is 2. The van der Waals surface area contributed by atoms with E-state index < -0.39 is 0 Å². The molecule has 2 rings (SSSR count). The molecule has 2 aromatic rings. The fourth-order valence-corrected chi connectivity index (χ4v) is 1.67. The van der Waals surface area contributed by atoms with E-state index in [1.165, 1.54) is 0 Å². The molecule has 0 aliphatic heterocycles. The normalized spacial score (nSPS) is 10.5. The molecule has 6 nitrogen and oxygen atoms in total. The fraction of sp³-hybridized carbons (Fsp3) is 0.308. The van der Waals surface area contributed by atoms with Crippen molar-refractivity contribution in [3.05, 3.63) is 35.2 Å². The first-order valence-corrected chi connectivity index (χ1v) is 6.56. The van der Waals surface area contributed by atoms with E-state index in [-0.39, 0.29) is 12.5 Å². The van der Waals surface area contributed by atoms with Crippen LogP contribution in [0.3, 0.4) is 0 Å². The standard InChI is InChI=1S/C13H15ClN4O2/c1-15-7-6-11(19)16-8-12-17-13(18-20-12)9-2-4-10(14)5-3-9/h2-5,15H,6-8H2,1H3,(H,16,19). The molecule has 7 heteroatoms. The third kappa shape index (κ3) is 4.04. The van der Waals surface area contributed by atoms with Crippen molar-refractivity contribution in [2.45, 2.75) is 13.0 Å². The van der Waals surface area contributed by atoms with Gasteiger partial charge < -0.3 is 15.2 Å². The van der Waals surface area contributed by atoms with Gasteiger partial charge in [-0.15, -0.1) is 0 Å². The van der Waals surface area contributed by atoms with Crippen LogP contribution >= 0.6 is 11.6 Å². The maximum Gasteiger partial charge on any atom is 0.246 e. The predicted octanol–water partition coefficient (Wildman–Crippen LogP) is 1.62. The predicted molar refractivity (Wildman–Crippen MR) is 75.1 cm³/mol. The first-order valence-electron chi connectivity index (χ1n) is 6.19. The highest BCUT2D eigenvalue weighted by molar-refractivity contribution is 6.30. The average Bonchev–Trinajstić information content (AvgIpc) is 2.92. The molecule has 1 aromatic heterocycles. The van der Waals surface area contributed by atoms with Crippen LogP contribution in [0.15, 0.2) is 28.8 Å². The van der Waals surface area contributed by atoms with Crippen LogP contribution in [-0.4, -0.2) is 29.6 Å². The van der Waals surface area contributed by atoms with Crippen LogP contribution in [-0.2, 0) is 11.3 Å². The molecular weight excluding hydrogens is 280 g/mol. The van der Waals surface area contributed by atoms with Crippen molar-refractivity contribution in [3.8, 4) is 11.4 Å². The summed E-state index contributed by atoms with van der Waals surface area (Å²) in [5, 5.41) is 10.1. The van der Waals surface area contributed by atoms with Crippen molar-refractivity contribution < 1.29 is 9.32 Å². The second-order valence-electron chi connectivity index (χ2n) is 4.15. The van der Waals surface area contributed by atoms with Gasteiger partial charge in [0.25, 0.3) is 0 Å². The highest BCUT2D eigenvalue weighted by Crippen LogP contribution is 2.18. The van der Waals surface area contributed by atoms with Gasteiger partial charge in [0.2, 0.25) is 17.6 Å². The molecule has 0 radical (unpaired) electrons. The summed E-state index contributed by atoms with van der Waals surface area (Å²) in [5.74, 6) is 0.777. The third-order valence-corrected chi connectivity index (χ3v) is 2.86. The smallest absolute Gasteiger partial charge is 0.246 e. The molecular formula is C13H15ClN4O2. The number of carbonyl (C=O) groups excluding carboxylic acids is 1. The summed E-state index contributed by atoms with van der Waals surface area (Å²) in [6, 6.07) is 7.13. The molecule has 0 saturated carbocycles. The van der Waals surface area contributed by atoms with Gasteiger partial charge in [-0.05, 0) is 31.3 Å². The number of benzene rings is 1. The van der Waals surface area contributed by atoms with Crippen LogP contribution in [0.4, 0.5) is 0 Å². The average molecular weight is 295 g/mol. The zero-order chi connectivity index (χ0) is 14.4. The molecule has 0 fully saturated rings. The van der Waals surface area contributed by atoms with Crippen LogP contribution in [0, 0.1) is 0 Å². The SMILES string of the molecule is CNCCC(=O)NCc1nc(-c2ccc(Cl)cc2)no1. The van der Waals surface area contributed by atoms with Crippen LogP contribution in [0.1, 0.15) is 12.3 Å². The Morgan fingerprint density at radius 1 is 1.35 bits per heavy atom. The fourth-order valence-electron chi connectivity index (χ4n) is 1.54. The first-order chi connectivity index (χ1) is 9.69. The zero-order valence-electron chi connectivity index (χ0n) is 11.0. The highest BCUT2D eigenvalue weighted by atomic mass is 35.5. The van der Waals surface area contributed by atoms with Crippen LogP contribution < -0.4 is 10.6 Å². The lowest BCUT2D eigenvalue weighted by molar-refractivity contribution is -0.121. The summed E-state index contributed by atoms with van der Waals surface area (Å²) >= 11 is 5.81. The minimum Gasteiger partial charge on any atom is -0.347 e. The molecule has 0 bridgehead atoms. The molecule has 106 valence electrons. The van der Waals surface area contributed by atoms with Crippen LogP contribution in [0.2, 0.25) is 5.02 Å². The number of rotatable bonds is 6. The van der Waals surface area contributed by atoms with E-state index in [2.05, 4.69) is 20.8 Å². The van der Waals surface area contributed by atoms with E-state index in [4.69, 9.17) is 16.1 Å². The summed E-state index contributed by atoms with van der Waals surface area (Å²) in [6.45, 7) is 0.856. The molecule has 0 unspecified atom stereocenters. The second-order valence-corrected chi connectivity index (χ2v) is 4.59. The molecule has 20 heavy (non-hydrogen) atoms. The molecule has 0 atom stereocenters. The second kappa shape index (κ2) is 7.02. The van der Waals surface area contributed by atoms with E-state index in [0.717, 1.165) is 5.56 Å². The lowest BCUT2D eigenvalue weighted by Crippen LogP contribution is -2.26. The topological polar surface area (TPSA) is 80.0 Å². The summed E-state index contributed by atoms with van der Waals surface area (Å²) in [7, 11) is 1.80. The largest absolute Gasteiger partial charge is 0.347 e. The number of hydrogen-bond acceptors (Lipinski definition) is 5. The van der Waals surface area contributed by atoms with E-state index in [1.54, 1.807) is 19.2 Å². The number of nitrogens with zero attached hydrogens (tertiary/aromatic N) is 2. The van der Waals surface area contributed by atoms with E-state index in [0.29, 0.717) is 29.7 Å². The van der Waals surface area contributed by atoms with Crippen molar-refractivity contribution in [1.29, 1.82) is 0 Å². The van der Waals surface area contributed by atoms with E-state index in [9.17, 15) is 4.79 Å². The molecule has 0 spiro atoms. The van der Waals surface area contributed by atoms with Gasteiger partial charge >= 0.3 is 0 Å². The van der Waals surface area contributed by atoms with Crippen molar-refractivity contribution >= 4 is 17.5 Å². The number of carbonyl (C=O) groups is 1. The maximum absolute atomic E-state index is 11.4. The third-order valence-electron chi connectivity index (χ3n) is 2.61. The molecule has 2 N–H and O–H groups in total. The molecule has 0 aliphatic rings. The Morgan fingerprint density at radius 2 is 2.10 bits per heavy atom. The number of amides is 1. The maximum atomic E-state index is 11.4. The van der Waals surface area contributed by atoms with Crippen LogP contribution in [0.5, 0.6) is 0 Å². The molecule has 0 saturated heterocycles. The Bertz CT molecular complexity index is 568. The van der Waals surface area contributed by atoms with Gasteiger partial charge in [-0.2, -0.15) is 4.98 Å². The van der Waals surface area contributed by atoms with Crippen molar-refractivity contribution in [2.24, 2.45) is 0 Å². The van der Waals surface area contributed by atoms with Gasteiger partial charge in [0.1, 0.15) is 0 Å². The Kier molecular flexibility index (Phi) is 5.09. The Morgan fingerprint density at radius 3 is 2.80 bits per heavy atom. The molecule has 1 aromatic carbocycles. The van der Waals surface area contributed by atoms with Gasteiger partial charge in [-0.25, -0.2) is 0 Å². The van der Waals surface area contributed by atoms with Gasteiger partial charge in [-0.1, -0.05) is 16.8 Å². The Labute approximate surface area is 121 Å². The van der Waals surface area contributed by atoms with Gasteiger partial charge in [0.15, 0.2) is 0 Å². The lowest BCUT2D eigenvalue weighted by atomic mass is 10.2. The lowest BCUT2D eigenvalue weighted by Gasteiger charge is -2.00. The Balaban J connectivity index is 1.92. The molecule has 1 heterocycles. The van der Waals surface area contributed by atoms with Crippen molar-refractivity contribution in [3.63, 3.8) is 0 Å². The summed E-state index contributed by atoms with van der Waals surface area (Å²) < 4.78 is 5.08. The minimum absolute atomic E-state index is 0.0643. The Hall–Kier alpha value is -1.92. The number of halogens is 1. The van der Waals surface area contributed by atoms with Gasteiger partial charge in [-0.3, -0.25) is 4.79 Å². The van der Waals surface area contributed by atoms with Crippen LogP contribution in [0.25, 0.3) is 11.4 Å². The highest BCUT2D eigenvalue weighted by Gasteiger charge is 2.09. The summed E-state index contributed by atoms with van der Waals surface area (Å²) in [6.07, 6.45) is 0.411. The molecule has 0 aliphatic carbocycles. The first kappa shape index (κ1) is 14.5. The minimum atomic E-state index is -0.0643. The van der Waals surface area contributed by atoms with Crippen molar-refractivity contribution in [2.75, 3.05) is 13.6 Å². The van der Waals surface area contributed by atoms with E-state index in [1.807, 2.05) is 12.1 Å². The summed E-state index contributed by atoms with van der Waals surface area (Å²) in [5.41, 5.74) is 0.811. The van der Waals surface area contributed by atoms with Gasteiger partial charge in [0.05, 0.1) is 6.54 Å². The van der Waals surface area contributed by atoms with E-state index >= 15 is 0 Å². The zero-order valence-corrected chi connectivity index (χ0v) is 11.8. The number of hydrogen-bond donors (Lipinski definition) is 2.